The molecule has 0 bridgehead atoms. The van der Waals surface area contributed by atoms with Gasteiger partial charge in [-0.2, -0.15) is 0 Å². The normalized spacial score (nSPS) is 20.2. The Morgan fingerprint density at radius 2 is 2.29 bits per heavy atom. The Morgan fingerprint density at radius 1 is 1.52 bits per heavy atom. The van der Waals surface area contributed by atoms with Gasteiger partial charge >= 0.3 is 5.97 Å². The van der Waals surface area contributed by atoms with E-state index in [0.717, 1.165) is 38.2 Å². The van der Waals surface area contributed by atoms with Crippen molar-refractivity contribution in [3.8, 4) is 5.88 Å². The average molecular weight is 292 g/mol. The molecule has 0 aromatic carbocycles. The summed E-state index contributed by atoms with van der Waals surface area (Å²) in [4.78, 5) is 18.1. The number of piperidine rings is 1. The first kappa shape index (κ1) is 15.8. The van der Waals surface area contributed by atoms with Gasteiger partial charge in [-0.15, -0.1) is 0 Å². The van der Waals surface area contributed by atoms with Gasteiger partial charge in [-0.3, -0.25) is 9.69 Å². The van der Waals surface area contributed by atoms with Gasteiger partial charge in [0.05, 0.1) is 18.2 Å². The van der Waals surface area contributed by atoms with Crippen LogP contribution in [0.3, 0.4) is 0 Å². The summed E-state index contributed by atoms with van der Waals surface area (Å²) >= 11 is 0. The smallest absolute Gasteiger partial charge is 0.309 e. The number of likely N-dealkylation sites (tertiary alicyclic amines) is 1. The second-order valence-electron chi connectivity index (χ2n) is 6.27. The fourth-order valence-electron chi connectivity index (χ4n) is 2.85. The third-order valence-electron chi connectivity index (χ3n) is 4.45. The van der Waals surface area contributed by atoms with Crippen molar-refractivity contribution in [3.05, 3.63) is 23.9 Å². The van der Waals surface area contributed by atoms with E-state index in [0.29, 0.717) is 5.88 Å². The standard InChI is InChI=1S/C16H24N2O3/c1-16(2,15(19)20)12-6-5-9-18(10-12)11-13-7-4-8-14(17-13)21-3/h4,7-8,12H,5-6,9-11H2,1-3H3,(H,19,20). The molecule has 0 spiro atoms. The molecule has 1 aliphatic rings. The molecule has 21 heavy (non-hydrogen) atoms. The molecule has 116 valence electrons. The summed E-state index contributed by atoms with van der Waals surface area (Å²) < 4.78 is 5.14. The zero-order valence-corrected chi connectivity index (χ0v) is 13.0. The molecule has 1 unspecified atom stereocenters. The quantitative estimate of drug-likeness (QED) is 0.903. The molecule has 0 amide bonds. The zero-order valence-electron chi connectivity index (χ0n) is 13.0. The minimum atomic E-state index is -0.714. The van der Waals surface area contributed by atoms with Crippen molar-refractivity contribution in [3.63, 3.8) is 0 Å². The van der Waals surface area contributed by atoms with Gasteiger partial charge in [-0.25, -0.2) is 4.98 Å². The molecule has 1 fully saturated rings. The summed E-state index contributed by atoms with van der Waals surface area (Å²) in [6, 6.07) is 5.74. The SMILES string of the molecule is COc1cccc(CN2CCCC(C(C)(C)C(=O)O)C2)n1. The van der Waals surface area contributed by atoms with Crippen LogP contribution in [-0.2, 0) is 11.3 Å². The number of aromatic nitrogens is 1. The largest absolute Gasteiger partial charge is 0.481 e. The average Bonchev–Trinajstić information content (AvgIpc) is 2.47. The van der Waals surface area contributed by atoms with Crippen molar-refractivity contribution >= 4 is 5.97 Å². The van der Waals surface area contributed by atoms with Crippen LogP contribution >= 0.6 is 0 Å². The fourth-order valence-corrected chi connectivity index (χ4v) is 2.85. The molecule has 1 aromatic rings. The second-order valence-corrected chi connectivity index (χ2v) is 6.27. The Balaban J connectivity index is 2.02. The summed E-state index contributed by atoms with van der Waals surface area (Å²) in [5.41, 5.74) is 0.281. The zero-order chi connectivity index (χ0) is 15.5. The summed E-state index contributed by atoms with van der Waals surface area (Å²) in [7, 11) is 1.61. The van der Waals surface area contributed by atoms with Crippen LogP contribution in [-0.4, -0.2) is 41.2 Å². The van der Waals surface area contributed by atoms with Gasteiger partial charge in [0, 0.05) is 19.2 Å². The predicted octanol–water partition coefficient (Wildman–Crippen LogP) is 2.41. The number of pyridine rings is 1. The predicted molar refractivity (Wildman–Crippen MR) is 80.2 cm³/mol. The van der Waals surface area contributed by atoms with E-state index in [1.165, 1.54) is 0 Å². The maximum absolute atomic E-state index is 11.4. The summed E-state index contributed by atoms with van der Waals surface area (Å²) in [6.45, 7) is 6.19. The van der Waals surface area contributed by atoms with Crippen LogP contribution in [0.1, 0.15) is 32.4 Å². The van der Waals surface area contributed by atoms with Gasteiger partial charge in [-0.1, -0.05) is 6.07 Å². The van der Waals surface area contributed by atoms with Crippen LogP contribution in [0.5, 0.6) is 5.88 Å². The van der Waals surface area contributed by atoms with Crippen LogP contribution in [0.25, 0.3) is 0 Å². The lowest BCUT2D eigenvalue weighted by Gasteiger charge is -2.39. The summed E-state index contributed by atoms with van der Waals surface area (Å²) in [6.07, 6.45) is 2.01. The molecule has 0 saturated carbocycles. The topological polar surface area (TPSA) is 62.7 Å². The molecule has 5 heteroatoms. The Morgan fingerprint density at radius 3 is 2.95 bits per heavy atom. The molecular formula is C16H24N2O3. The number of hydrogen-bond acceptors (Lipinski definition) is 4. The monoisotopic (exact) mass is 292 g/mol. The number of carboxylic acid groups (broad SMARTS) is 1. The van der Waals surface area contributed by atoms with E-state index >= 15 is 0 Å². The summed E-state index contributed by atoms with van der Waals surface area (Å²) in [5, 5.41) is 9.39. The molecule has 1 atom stereocenters. The number of methoxy groups -OCH3 is 1. The molecule has 1 aromatic heterocycles. The molecular weight excluding hydrogens is 268 g/mol. The number of carbonyl (C=O) groups is 1. The van der Waals surface area contributed by atoms with Crippen molar-refractivity contribution in [1.29, 1.82) is 0 Å². The van der Waals surface area contributed by atoms with Crippen LogP contribution in [0.15, 0.2) is 18.2 Å². The number of aliphatic carboxylic acids is 1. The minimum absolute atomic E-state index is 0.175. The van der Waals surface area contributed by atoms with Crippen LogP contribution in [0.2, 0.25) is 0 Å². The molecule has 5 nitrogen and oxygen atoms in total. The van der Waals surface area contributed by atoms with E-state index in [2.05, 4.69) is 9.88 Å². The van der Waals surface area contributed by atoms with E-state index in [1.54, 1.807) is 7.11 Å². The first-order valence-electron chi connectivity index (χ1n) is 7.39. The molecule has 1 N–H and O–H groups in total. The highest BCUT2D eigenvalue weighted by atomic mass is 16.5. The molecule has 2 heterocycles. The number of carboxylic acids is 1. The van der Waals surface area contributed by atoms with Crippen LogP contribution in [0, 0.1) is 11.3 Å². The molecule has 0 aliphatic carbocycles. The molecule has 1 aliphatic heterocycles. The van der Waals surface area contributed by atoms with E-state index in [4.69, 9.17) is 4.74 Å². The van der Waals surface area contributed by atoms with Gasteiger partial charge in [0.1, 0.15) is 0 Å². The molecule has 1 saturated heterocycles. The van der Waals surface area contributed by atoms with E-state index in [9.17, 15) is 9.90 Å². The van der Waals surface area contributed by atoms with E-state index in [-0.39, 0.29) is 5.92 Å². The Labute approximate surface area is 125 Å². The second kappa shape index (κ2) is 6.43. The highest BCUT2D eigenvalue weighted by Gasteiger charge is 2.39. The highest BCUT2D eigenvalue weighted by Crippen LogP contribution is 2.34. The highest BCUT2D eigenvalue weighted by molar-refractivity contribution is 5.74. The fraction of sp³-hybridized carbons (Fsp3) is 0.625. The lowest BCUT2D eigenvalue weighted by molar-refractivity contribution is -0.151. The van der Waals surface area contributed by atoms with Crippen LogP contribution in [0.4, 0.5) is 0 Å². The Bertz CT molecular complexity index is 502. The third-order valence-corrected chi connectivity index (χ3v) is 4.45. The first-order chi connectivity index (χ1) is 9.93. The molecule has 0 radical (unpaired) electrons. The molecule has 2 rings (SSSR count). The van der Waals surface area contributed by atoms with Gasteiger partial charge < -0.3 is 9.84 Å². The summed E-state index contributed by atoms with van der Waals surface area (Å²) in [5.74, 6) is 0.0788. The lowest BCUT2D eigenvalue weighted by Crippen LogP contribution is -2.44. The van der Waals surface area contributed by atoms with Crippen molar-refractivity contribution in [1.82, 2.24) is 9.88 Å². The Kier molecular flexibility index (Phi) is 4.83. The van der Waals surface area contributed by atoms with Crippen molar-refractivity contribution in [2.75, 3.05) is 20.2 Å². The number of ether oxygens (including phenoxy) is 1. The maximum Gasteiger partial charge on any atom is 0.309 e. The van der Waals surface area contributed by atoms with Crippen LogP contribution < -0.4 is 4.74 Å². The van der Waals surface area contributed by atoms with E-state index in [1.807, 2.05) is 32.0 Å². The maximum atomic E-state index is 11.4. The third kappa shape index (κ3) is 3.73. The number of hydrogen-bond donors (Lipinski definition) is 1. The minimum Gasteiger partial charge on any atom is -0.481 e. The Hall–Kier alpha value is -1.62. The van der Waals surface area contributed by atoms with Gasteiger partial charge in [0.15, 0.2) is 0 Å². The van der Waals surface area contributed by atoms with Crippen molar-refractivity contribution < 1.29 is 14.6 Å². The van der Waals surface area contributed by atoms with Gasteiger partial charge in [-0.05, 0) is 45.2 Å². The van der Waals surface area contributed by atoms with Crippen molar-refractivity contribution in [2.45, 2.75) is 33.2 Å². The number of nitrogens with zero attached hydrogens (tertiary/aromatic N) is 2. The number of rotatable bonds is 5. The van der Waals surface area contributed by atoms with Gasteiger partial charge in [0.2, 0.25) is 5.88 Å². The van der Waals surface area contributed by atoms with Gasteiger partial charge in [0.25, 0.3) is 0 Å². The van der Waals surface area contributed by atoms with E-state index < -0.39 is 11.4 Å². The lowest BCUT2D eigenvalue weighted by atomic mass is 9.74. The van der Waals surface area contributed by atoms with Crippen molar-refractivity contribution in [2.24, 2.45) is 11.3 Å². The first-order valence-corrected chi connectivity index (χ1v) is 7.39.